The van der Waals surface area contributed by atoms with Crippen LogP contribution in [-0.2, 0) is 6.54 Å². The van der Waals surface area contributed by atoms with E-state index in [1.54, 1.807) is 11.0 Å². The number of benzene rings is 1. The predicted molar refractivity (Wildman–Crippen MR) is 71.6 cm³/mol. The number of halogens is 1. The van der Waals surface area contributed by atoms with Gasteiger partial charge in [0.1, 0.15) is 5.84 Å². The van der Waals surface area contributed by atoms with E-state index in [1.165, 1.54) is 0 Å². The average molecular weight is 259 g/mol. The third-order valence-corrected chi connectivity index (χ3v) is 2.61. The van der Waals surface area contributed by atoms with Gasteiger partial charge in [-0.1, -0.05) is 18.2 Å². The van der Waals surface area contributed by atoms with Crippen LogP contribution in [0.5, 0.6) is 0 Å². The smallest absolute Gasteiger partial charge is 0.225 e. The van der Waals surface area contributed by atoms with E-state index in [2.05, 4.69) is 9.97 Å². The van der Waals surface area contributed by atoms with Gasteiger partial charge in [0.05, 0.1) is 12.4 Å². The van der Waals surface area contributed by atoms with Crippen LogP contribution in [0.4, 0.5) is 10.3 Å². The molecule has 2 rings (SSSR count). The van der Waals surface area contributed by atoms with E-state index in [-0.39, 0.29) is 5.84 Å². The first-order chi connectivity index (χ1) is 9.06. The first-order valence-electron chi connectivity index (χ1n) is 5.68. The summed E-state index contributed by atoms with van der Waals surface area (Å²) in [5.41, 5.74) is 7.09. The summed E-state index contributed by atoms with van der Waals surface area (Å²) < 4.78 is 12.7. The molecule has 2 aromatic rings. The van der Waals surface area contributed by atoms with Crippen LogP contribution in [0, 0.1) is 11.2 Å². The minimum absolute atomic E-state index is 0.0301. The van der Waals surface area contributed by atoms with Crippen molar-refractivity contribution in [1.29, 1.82) is 5.41 Å². The van der Waals surface area contributed by atoms with Crippen LogP contribution in [-0.4, -0.2) is 22.9 Å². The zero-order chi connectivity index (χ0) is 13.8. The van der Waals surface area contributed by atoms with Crippen LogP contribution in [0.1, 0.15) is 11.1 Å². The molecule has 0 saturated carbocycles. The van der Waals surface area contributed by atoms with Crippen LogP contribution in [0.25, 0.3) is 0 Å². The van der Waals surface area contributed by atoms with Crippen molar-refractivity contribution in [1.82, 2.24) is 9.97 Å². The fourth-order valence-corrected chi connectivity index (χ4v) is 1.68. The van der Waals surface area contributed by atoms with E-state index >= 15 is 0 Å². The standard InChI is InChI=1S/C13H14FN5/c1-19(13-17-6-11(14)7-18-13)8-9-3-2-4-10(5-9)12(15)16/h2-7H,8H2,1H3,(H3,15,16). The Bertz CT molecular complexity index is 582. The fourth-order valence-electron chi connectivity index (χ4n) is 1.68. The van der Waals surface area contributed by atoms with Crippen molar-refractivity contribution in [2.24, 2.45) is 5.73 Å². The Balaban J connectivity index is 2.14. The number of nitrogen functional groups attached to an aromatic ring is 1. The molecular weight excluding hydrogens is 245 g/mol. The largest absolute Gasteiger partial charge is 0.384 e. The molecule has 1 aromatic heterocycles. The van der Waals surface area contributed by atoms with Gasteiger partial charge in [-0.25, -0.2) is 14.4 Å². The van der Waals surface area contributed by atoms with Gasteiger partial charge in [-0.05, 0) is 11.6 Å². The summed E-state index contributed by atoms with van der Waals surface area (Å²) in [5, 5.41) is 7.40. The second kappa shape index (κ2) is 5.43. The van der Waals surface area contributed by atoms with Crippen molar-refractivity contribution in [3.05, 3.63) is 53.6 Å². The molecule has 0 aliphatic carbocycles. The minimum Gasteiger partial charge on any atom is -0.384 e. The van der Waals surface area contributed by atoms with Gasteiger partial charge in [-0.15, -0.1) is 0 Å². The SMILES string of the molecule is CN(Cc1cccc(C(=N)N)c1)c1ncc(F)cn1. The molecule has 98 valence electrons. The molecule has 0 fully saturated rings. The van der Waals surface area contributed by atoms with Crippen molar-refractivity contribution in [2.45, 2.75) is 6.54 Å². The monoisotopic (exact) mass is 259 g/mol. The van der Waals surface area contributed by atoms with E-state index in [9.17, 15) is 4.39 Å². The molecule has 19 heavy (non-hydrogen) atoms. The quantitative estimate of drug-likeness (QED) is 0.644. The number of nitrogens with zero attached hydrogens (tertiary/aromatic N) is 3. The van der Waals surface area contributed by atoms with Gasteiger partial charge < -0.3 is 10.6 Å². The normalized spacial score (nSPS) is 10.2. The topological polar surface area (TPSA) is 78.9 Å². The maximum Gasteiger partial charge on any atom is 0.225 e. The lowest BCUT2D eigenvalue weighted by molar-refractivity contribution is 0.612. The van der Waals surface area contributed by atoms with Crippen LogP contribution in [0.2, 0.25) is 0 Å². The first kappa shape index (κ1) is 12.9. The van der Waals surface area contributed by atoms with Gasteiger partial charge in [-0.2, -0.15) is 0 Å². The number of hydrogen-bond acceptors (Lipinski definition) is 4. The van der Waals surface area contributed by atoms with Crippen molar-refractivity contribution in [3.63, 3.8) is 0 Å². The van der Waals surface area contributed by atoms with Gasteiger partial charge in [0.25, 0.3) is 0 Å². The maximum atomic E-state index is 12.7. The number of rotatable bonds is 4. The summed E-state index contributed by atoms with van der Waals surface area (Å²) in [4.78, 5) is 9.60. The zero-order valence-corrected chi connectivity index (χ0v) is 10.5. The van der Waals surface area contributed by atoms with Crippen LogP contribution >= 0.6 is 0 Å². The van der Waals surface area contributed by atoms with Crippen molar-refractivity contribution >= 4 is 11.8 Å². The summed E-state index contributed by atoms with van der Waals surface area (Å²) in [6, 6.07) is 7.38. The van der Waals surface area contributed by atoms with Crippen LogP contribution < -0.4 is 10.6 Å². The van der Waals surface area contributed by atoms with Gasteiger partial charge >= 0.3 is 0 Å². The molecule has 1 heterocycles. The Kier molecular flexibility index (Phi) is 3.70. The van der Waals surface area contributed by atoms with Crippen molar-refractivity contribution in [2.75, 3.05) is 11.9 Å². The Labute approximate surface area is 110 Å². The van der Waals surface area contributed by atoms with Gasteiger partial charge in [0.2, 0.25) is 5.95 Å². The lowest BCUT2D eigenvalue weighted by atomic mass is 10.1. The molecule has 1 aromatic carbocycles. The third-order valence-electron chi connectivity index (χ3n) is 2.61. The number of aromatic nitrogens is 2. The number of amidine groups is 1. The number of nitrogens with one attached hydrogen (secondary N) is 1. The molecular formula is C13H14FN5. The summed E-state index contributed by atoms with van der Waals surface area (Å²) in [7, 11) is 1.81. The van der Waals surface area contributed by atoms with Crippen molar-refractivity contribution < 1.29 is 4.39 Å². The predicted octanol–water partition coefficient (Wildman–Crippen LogP) is 1.54. The highest BCUT2D eigenvalue weighted by Gasteiger charge is 2.06. The number of anilines is 1. The van der Waals surface area contributed by atoms with E-state index < -0.39 is 5.82 Å². The lowest BCUT2D eigenvalue weighted by Gasteiger charge is -2.17. The molecule has 0 unspecified atom stereocenters. The second-order valence-electron chi connectivity index (χ2n) is 4.17. The average Bonchev–Trinajstić information content (AvgIpc) is 2.39. The molecule has 0 bridgehead atoms. The van der Waals surface area contributed by atoms with E-state index in [0.29, 0.717) is 18.1 Å². The molecule has 0 radical (unpaired) electrons. The summed E-state index contributed by atoms with van der Waals surface area (Å²) >= 11 is 0. The van der Waals surface area contributed by atoms with Gasteiger partial charge in [0.15, 0.2) is 5.82 Å². The zero-order valence-electron chi connectivity index (χ0n) is 10.5. The molecule has 0 saturated heterocycles. The fraction of sp³-hybridized carbons (Fsp3) is 0.154. The Morgan fingerprint density at radius 2 is 2.05 bits per heavy atom. The highest BCUT2D eigenvalue weighted by molar-refractivity contribution is 5.95. The highest BCUT2D eigenvalue weighted by atomic mass is 19.1. The van der Waals surface area contributed by atoms with E-state index in [4.69, 9.17) is 11.1 Å². The first-order valence-corrected chi connectivity index (χ1v) is 5.68. The van der Waals surface area contributed by atoms with Gasteiger partial charge in [0, 0.05) is 19.2 Å². The molecule has 0 atom stereocenters. The highest BCUT2D eigenvalue weighted by Crippen LogP contribution is 2.11. The molecule has 0 amide bonds. The molecule has 3 N–H and O–H groups in total. The minimum atomic E-state index is -0.462. The third kappa shape index (κ3) is 3.25. The Morgan fingerprint density at radius 1 is 1.37 bits per heavy atom. The van der Waals surface area contributed by atoms with E-state index in [0.717, 1.165) is 18.0 Å². The molecule has 0 spiro atoms. The molecule has 5 nitrogen and oxygen atoms in total. The van der Waals surface area contributed by atoms with Crippen LogP contribution in [0.15, 0.2) is 36.7 Å². The summed E-state index contributed by atoms with van der Waals surface area (Å²) in [5.74, 6) is 0.00731. The Morgan fingerprint density at radius 3 is 2.68 bits per heavy atom. The molecule has 0 aliphatic heterocycles. The molecule has 6 heteroatoms. The molecule has 0 aliphatic rings. The maximum absolute atomic E-state index is 12.7. The lowest BCUT2D eigenvalue weighted by Crippen LogP contribution is -2.19. The summed E-state index contributed by atoms with van der Waals surface area (Å²) in [6.45, 7) is 0.548. The van der Waals surface area contributed by atoms with E-state index in [1.807, 2.05) is 25.2 Å². The van der Waals surface area contributed by atoms with Crippen molar-refractivity contribution in [3.8, 4) is 0 Å². The van der Waals surface area contributed by atoms with Gasteiger partial charge in [-0.3, -0.25) is 5.41 Å². The number of nitrogens with two attached hydrogens (primary N) is 1. The Hall–Kier alpha value is -2.50. The number of hydrogen-bond donors (Lipinski definition) is 2. The second-order valence-corrected chi connectivity index (χ2v) is 4.17. The van der Waals surface area contributed by atoms with Crippen LogP contribution in [0.3, 0.4) is 0 Å². The summed E-state index contributed by atoms with van der Waals surface area (Å²) in [6.07, 6.45) is 2.26.